The molecule has 0 spiro atoms. The highest BCUT2D eigenvalue weighted by Gasteiger charge is 2.27. The highest BCUT2D eigenvalue weighted by molar-refractivity contribution is 5.72. The molecule has 1 saturated heterocycles. The summed E-state index contributed by atoms with van der Waals surface area (Å²) in [6.45, 7) is 5.28. The fourth-order valence-electron chi connectivity index (χ4n) is 5.35. The average Bonchev–Trinajstić information content (AvgIpc) is 3.04. The molecule has 1 aliphatic rings. The first-order chi connectivity index (χ1) is 21.7. The lowest BCUT2D eigenvalue weighted by atomic mass is 10.0. The first-order valence-corrected chi connectivity index (χ1v) is 15.1. The van der Waals surface area contributed by atoms with Crippen LogP contribution in [-0.4, -0.2) is 197 Å². The molecule has 0 saturated carbocycles. The Morgan fingerprint density at radius 2 is 1.11 bits per heavy atom. The predicted octanol–water partition coefficient (Wildman–Crippen LogP) is -1.07. The Labute approximate surface area is 268 Å². The third-order valence-corrected chi connectivity index (χ3v) is 7.88. The van der Waals surface area contributed by atoms with Crippen LogP contribution in [0.4, 0.5) is 5.69 Å². The zero-order chi connectivity index (χ0) is 34.2. The third-order valence-electron chi connectivity index (χ3n) is 7.88. The summed E-state index contributed by atoms with van der Waals surface area (Å²) in [6.07, 6.45) is 0.266. The second-order valence-electron chi connectivity index (χ2n) is 11.7. The fourth-order valence-corrected chi connectivity index (χ4v) is 5.35. The van der Waals surface area contributed by atoms with Crippen molar-refractivity contribution >= 4 is 29.6 Å². The number of nitro benzene ring substituents is 1. The maximum Gasteiger partial charge on any atom is 0.317 e. The quantitative estimate of drug-likeness (QED) is 0.0974. The average molecular weight is 654 g/mol. The van der Waals surface area contributed by atoms with E-state index in [0.29, 0.717) is 77.6 Å². The molecule has 0 radical (unpaired) electrons. The summed E-state index contributed by atoms with van der Waals surface area (Å²) in [6, 6.07) is 5.37. The molecule has 1 fully saturated rings. The van der Waals surface area contributed by atoms with Gasteiger partial charge < -0.3 is 20.4 Å². The molecule has 1 aromatic carbocycles. The van der Waals surface area contributed by atoms with Gasteiger partial charge in [-0.25, -0.2) is 0 Å². The van der Waals surface area contributed by atoms with Crippen LogP contribution in [0.15, 0.2) is 24.3 Å². The molecule has 0 bridgehead atoms. The van der Waals surface area contributed by atoms with Gasteiger partial charge in [-0.3, -0.25) is 58.7 Å². The summed E-state index contributed by atoms with van der Waals surface area (Å²) >= 11 is 0. The van der Waals surface area contributed by atoms with E-state index in [0.717, 1.165) is 0 Å². The van der Waals surface area contributed by atoms with Crippen LogP contribution in [-0.2, 0) is 25.6 Å². The lowest BCUT2D eigenvalue weighted by molar-refractivity contribution is -0.384. The van der Waals surface area contributed by atoms with Crippen molar-refractivity contribution in [1.29, 1.82) is 0 Å². The van der Waals surface area contributed by atoms with Gasteiger partial charge in [0.15, 0.2) is 0 Å². The number of likely N-dealkylation sites (N-methyl/N-ethyl adjacent to an activating group) is 2. The summed E-state index contributed by atoms with van der Waals surface area (Å²) in [5.41, 5.74) is 0.614. The molecule has 4 N–H and O–H groups in total. The number of rotatable bonds is 20. The van der Waals surface area contributed by atoms with Crippen molar-refractivity contribution in [1.82, 2.24) is 29.4 Å². The van der Waals surface area contributed by atoms with Crippen molar-refractivity contribution in [3.05, 3.63) is 39.9 Å². The maximum absolute atomic E-state index is 11.8. The Bertz CT molecular complexity index is 1100. The number of hydrogen-bond donors (Lipinski definition) is 4. The molecular weight excluding hydrogens is 606 g/mol. The van der Waals surface area contributed by atoms with Crippen LogP contribution in [0.5, 0.6) is 0 Å². The van der Waals surface area contributed by atoms with Crippen LogP contribution in [0.1, 0.15) is 5.56 Å². The summed E-state index contributed by atoms with van der Waals surface area (Å²) in [5.74, 6) is -4.18. The number of carbonyl (C=O) groups is 4. The number of nitrogens with zero attached hydrogens (tertiary/aromatic N) is 7. The maximum atomic E-state index is 11.8. The highest BCUT2D eigenvalue weighted by atomic mass is 16.6. The monoisotopic (exact) mass is 653 g/mol. The van der Waals surface area contributed by atoms with E-state index in [2.05, 4.69) is 14.7 Å². The molecule has 1 aromatic rings. The number of hydrogen-bond acceptors (Lipinski definition) is 12. The fraction of sp³-hybridized carbons (Fsp3) is 0.655. The zero-order valence-electron chi connectivity index (χ0n) is 26.6. The van der Waals surface area contributed by atoms with E-state index in [9.17, 15) is 39.5 Å². The van der Waals surface area contributed by atoms with Crippen molar-refractivity contribution in [2.75, 3.05) is 112 Å². The normalized spacial score (nSPS) is 16.2. The second kappa shape index (κ2) is 19.7. The largest absolute Gasteiger partial charge is 0.480 e. The first-order valence-electron chi connectivity index (χ1n) is 15.1. The van der Waals surface area contributed by atoms with E-state index in [4.69, 9.17) is 10.2 Å². The summed E-state index contributed by atoms with van der Waals surface area (Å²) in [4.78, 5) is 67.9. The second-order valence-corrected chi connectivity index (χ2v) is 11.7. The van der Waals surface area contributed by atoms with E-state index in [1.807, 2.05) is 0 Å². The SMILES string of the molecule is CN(CCN1CCN(CCN(C)CC(=O)O)CCN(CC(Cc2ccc([N+](=O)[O-])cc2)N(CC(=O)O)CC(=O)O)CC1)CC(=O)O. The van der Waals surface area contributed by atoms with Gasteiger partial charge in [0.25, 0.3) is 5.69 Å². The zero-order valence-corrected chi connectivity index (χ0v) is 26.6. The van der Waals surface area contributed by atoms with Gasteiger partial charge in [0.1, 0.15) is 0 Å². The number of aliphatic carboxylic acids is 4. The van der Waals surface area contributed by atoms with Crippen molar-refractivity contribution in [3.63, 3.8) is 0 Å². The van der Waals surface area contributed by atoms with Gasteiger partial charge in [-0.05, 0) is 26.1 Å². The van der Waals surface area contributed by atoms with Gasteiger partial charge in [0, 0.05) is 90.2 Å². The molecule has 2 rings (SSSR count). The van der Waals surface area contributed by atoms with Crippen molar-refractivity contribution < 1.29 is 44.5 Å². The Balaban J connectivity index is 2.29. The summed E-state index contributed by atoms with van der Waals surface area (Å²) in [7, 11) is 3.48. The van der Waals surface area contributed by atoms with Crippen molar-refractivity contribution in [2.24, 2.45) is 0 Å². The summed E-state index contributed by atoms with van der Waals surface area (Å²) in [5, 5.41) is 48.6. The number of non-ortho nitro benzene ring substituents is 1. The van der Waals surface area contributed by atoms with Crippen LogP contribution < -0.4 is 0 Å². The molecule has 17 heteroatoms. The predicted molar refractivity (Wildman–Crippen MR) is 167 cm³/mol. The first kappa shape index (κ1) is 38.4. The molecule has 1 unspecified atom stereocenters. The van der Waals surface area contributed by atoms with Crippen LogP contribution >= 0.6 is 0 Å². The van der Waals surface area contributed by atoms with E-state index in [-0.39, 0.29) is 25.2 Å². The summed E-state index contributed by atoms with van der Waals surface area (Å²) < 4.78 is 0. The van der Waals surface area contributed by atoms with Gasteiger partial charge in [-0.15, -0.1) is 0 Å². The van der Waals surface area contributed by atoms with Crippen LogP contribution in [0, 0.1) is 10.1 Å². The molecule has 1 atom stereocenters. The highest BCUT2D eigenvalue weighted by Crippen LogP contribution is 2.17. The minimum Gasteiger partial charge on any atom is -0.480 e. The molecule has 258 valence electrons. The van der Waals surface area contributed by atoms with E-state index in [1.54, 1.807) is 36.0 Å². The third kappa shape index (κ3) is 15.5. The molecule has 1 heterocycles. The lowest BCUT2D eigenvalue weighted by Gasteiger charge is -2.35. The molecule has 0 aromatic heterocycles. The molecular formula is C29H47N7O10. The van der Waals surface area contributed by atoms with Crippen LogP contribution in [0.2, 0.25) is 0 Å². The Hall–Kier alpha value is -3.74. The topological polar surface area (TPSA) is 212 Å². The minimum atomic E-state index is -1.17. The Morgan fingerprint density at radius 1 is 0.717 bits per heavy atom. The number of nitro groups is 1. The van der Waals surface area contributed by atoms with Gasteiger partial charge in [0.2, 0.25) is 0 Å². The number of carboxylic acid groups (broad SMARTS) is 4. The van der Waals surface area contributed by atoms with Gasteiger partial charge in [0.05, 0.1) is 31.1 Å². The van der Waals surface area contributed by atoms with E-state index < -0.39 is 47.9 Å². The Morgan fingerprint density at radius 3 is 1.48 bits per heavy atom. The molecule has 17 nitrogen and oxygen atoms in total. The Kier molecular flexibility index (Phi) is 16.5. The molecule has 0 aliphatic carbocycles. The van der Waals surface area contributed by atoms with E-state index >= 15 is 0 Å². The molecule has 0 amide bonds. The van der Waals surface area contributed by atoms with Crippen LogP contribution in [0.3, 0.4) is 0 Å². The van der Waals surface area contributed by atoms with Gasteiger partial charge in [-0.2, -0.15) is 0 Å². The van der Waals surface area contributed by atoms with Crippen LogP contribution in [0.25, 0.3) is 0 Å². The van der Waals surface area contributed by atoms with Gasteiger partial charge in [-0.1, -0.05) is 12.1 Å². The molecule has 1 aliphatic heterocycles. The smallest absolute Gasteiger partial charge is 0.317 e. The van der Waals surface area contributed by atoms with E-state index in [1.165, 1.54) is 17.0 Å². The minimum absolute atomic E-state index is 0.0866. The standard InChI is InChI=1S/C29H47N7O10/c1-30(19-26(37)38)7-9-32-11-12-33(10-8-31(2)20-27(39)40)14-16-34(15-13-32)18-25(35(21-28(41)42)22-29(43)44)17-23-3-5-24(6-4-23)36(45)46/h3-6,25H,7-22H2,1-2H3,(H,37,38)(H,39,40)(H,41,42)(H,43,44). The van der Waals surface area contributed by atoms with Crippen molar-refractivity contribution in [3.8, 4) is 0 Å². The van der Waals surface area contributed by atoms with Crippen molar-refractivity contribution in [2.45, 2.75) is 12.5 Å². The number of carboxylic acids is 4. The lowest BCUT2D eigenvalue weighted by Crippen LogP contribution is -2.51. The number of benzene rings is 1. The van der Waals surface area contributed by atoms with Gasteiger partial charge >= 0.3 is 23.9 Å². The molecule has 46 heavy (non-hydrogen) atoms.